The van der Waals surface area contributed by atoms with Crippen LogP contribution in [0.4, 0.5) is 13.2 Å². The molecule has 0 atom stereocenters. The second-order valence-electron chi connectivity index (χ2n) is 5.95. The Hall–Kier alpha value is -3.82. The van der Waals surface area contributed by atoms with Crippen molar-refractivity contribution in [1.29, 1.82) is 0 Å². The number of nitrogens with one attached hydrogen (secondary N) is 2. The molecular formula is C19H15F3N4O3. The number of aromatic nitrogens is 2. The van der Waals surface area contributed by atoms with Crippen LogP contribution in [0.1, 0.15) is 32.0 Å². The fraction of sp³-hybridized carbons (Fsp3) is 0.105. The number of aromatic amines is 1. The average Bonchev–Trinajstić information content (AvgIpc) is 3.17. The van der Waals surface area contributed by atoms with Gasteiger partial charge in [0.25, 0.3) is 5.91 Å². The number of hydrogen-bond acceptors (Lipinski definition) is 4. The fourth-order valence-electron chi connectivity index (χ4n) is 2.42. The first-order valence-corrected chi connectivity index (χ1v) is 8.29. The zero-order valence-corrected chi connectivity index (χ0v) is 14.8. The normalized spacial score (nSPS) is 11.1. The number of nitrogens with zero attached hydrogens (tertiary/aromatic N) is 1. The molecule has 0 saturated heterocycles. The first-order chi connectivity index (χ1) is 13.7. The van der Waals surface area contributed by atoms with E-state index in [9.17, 15) is 22.8 Å². The molecule has 0 fully saturated rings. The van der Waals surface area contributed by atoms with Gasteiger partial charge in [-0.25, -0.2) is 4.98 Å². The van der Waals surface area contributed by atoms with Gasteiger partial charge in [0.1, 0.15) is 11.4 Å². The molecule has 3 rings (SSSR count). The molecule has 2 heterocycles. The largest absolute Gasteiger partial charge is 0.438 e. The minimum absolute atomic E-state index is 0.0211. The third-order valence-corrected chi connectivity index (χ3v) is 3.87. The molecule has 1 aromatic carbocycles. The number of rotatable bonds is 6. The van der Waals surface area contributed by atoms with Crippen molar-refractivity contribution in [2.75, 3.05) is 0 Å². The standard InChI is InChI=1S/C19H15F3N4O3/c20-19(21,22)13-3-1-2-4-15(13)29-16-6-5-11(8-25-16)9-26-18(28)14-7-12(10-24-14)17(23)27/h1-8,10,24H,9H2,(H2,23,27)(H,26,28). The smallest absolute Gasteiger partial charge is 0.419 e. The summed E-state index contributed by atoms with van der Waals surface area (Å²) in [5.74, 6) is -1.50. The number of carbonyl (C=O) groups is 2. The Morgan fingerprint density at radius 3 is 2.55 bits per heavy atom. The number of para-hydroxylation sites is 1. The van der Waals surface area contributed by atoms with Crippen LogP contribution in [0.3, 0.4) is 0 Å². The van der Waals surface area contributed by atoms with Crippen LogP contribution in [0.2, 0.25) is 0 Å². The summed E-state index contributed by atoms with van der Waals surface area (Å²) in [4.78, 5) is 29.7. The molecule has 0 aliphatic rings. The number of benzene rings is 1. The summed E-state index contributed by atoms with van der Waals surface area (Å²) in [6.45, 7) is 0.107. The maximum absolute atomic E-state index is 13.0. The monoisotopic (exact) mass is 404 g/mol. The van der Waals surface area contributed by atoms with Crippen molar-refractivity contribution in [3.05, 3.63) is 77.2 Å². The van der Waals surface area contributed by atoms with E-state index < -0.39 is 23.6 Å². The molecule has 7 nitrogen and oxygen atoms in total. The fourth-order valence-corrected chi connectivity index (χ4v) is 2.42. The van der Waals surface area contributed by atoms with Crippen molar-refractivity contribution >= 4 is 11.8 Å². The van der Waals surface area contributed by atoms with Crippen molar-refractivity contribution in [1.82, 2.24) is 15.3 Å². The molecule has 2 amide bonds. The third kappa shape index (κ3) is 4.92. The van der Waals surface area contributed by atoms with Crippen LogP contribution in [0, 0.1) is 0 Å². The van der Waals surface area contributed by atoms with Gasteiger partial charge in [-0.2, -0.15) is 13.2 Å². The van der Waals surface area contributed by atoms with Crippen LogP contribution >= 0.6 is 0 Å². The van der Waals surface area contributed by atoms with Crippen molar-refractivity contribution in [2.45, 2.75) is 12.7 Å². The minimum Gasteiger partial charge on any atom is -0.438 e. The van der Waals surface area contributed by atoms with Crippen molar-refractivity contribution in [3.63, 3.8) is 0 Å². The van der Waals surface area contributed by atoms with E-state index >= 15 is 0 Å². The molecule has 0 aliphatic heterocycles. The lowest BCUT2D eigenvalue weighted by Gasteiger charge is -2.13. The Morgan fingerprint density at radius 1 is 1.17 bits per heavy atom. The number of amides is 2. The Bertz CT molecular complexity index is 1030. The Morgan fingerprint density at radius 2 is 1.93 bits per heavy atom. The Labute approximate surface area is 162 Å². The highest BCUT2D eigenvalue weighted by atomic mass is 19.4. The lowest BCUT2D eigenvalue weighted by molar-refractivity contribution is -0.138. The predicted molar refractivity (Wildman–Crippen MR) is 96.2 cm³/mol. The predicted octanol–water partition coefficient (Wildman–Crippen LogP) is 3.25. The van der Waals surface area contributed by atoms with E-state index in [0.29, 0.717) is 5.56 Å². The Kier molecular flexibility index (Phi) is 5.53. The molecule has 0 bridgehead atoms. The molecule has 29 heavy (non-hydrogen) atoms. The van der Waals surface area contributed by atoms with Gasteiger partial charge in [-0.1, -0.05) is 18.2 Å². The SMILES string of the molecule is NC(=O)c1c[nH]c(C(=O)NCc2ccc(Oc3ccccc3C(F)(F)F)nc2)c1. The van der Waals surface area contributed by atoms with Crippen LogP contribution in [-0.4, -0.2) is 21.8 Å². The zero-order valence-electron chi connectivity index (χ0n) is 14.8. The molecule has 2 aromatic heterocycles. The van der Waals surface area contributed by atoms with Crippen LogP contribution in [0.25, 0.3) is 0 Å². The van der Waals surface area contributed by atoms with E-state index in [1.54, 1.807) is 6.07 Å². The van der Waals surface area contributed by atoms with Gasteiger partial charge in [0.2, 0.25) is 11.8 Å². The summed E-state index contributed by atoms with van der Waals surface area (Å²) >= 11 is 0. The van der Waals surface area contributed by atoms with Crippen LogP contribution in [0.5, 0.6) is 11.6 Å². The molecular weight excluding hydrogens is 389 g/mol. The first-order valence-electron chi connectivity index (χ1n) is 8.29. The Balaban J connectivity index is 1.62. The number of ether oxygens (including phenoxy) is 1. The molecule has 3 aromatic rings. The van der Waals surface area contributed by atoms with E-state index in [1.807, 2.05) is 0 Å². The van der Waals surface area contributed by atoms with Crippen molar-refractivity contribution in [2.24, 2.45) is 5.73 Å². The molecule has 0 aliphatic carbocycles. The minimum atomic E-state index is -4.55. The lowest BCUT2D eigenvalue weighted by Crippen LogP contribution is -2.23. The second kappa shape index (κ2) is 8.05. The molecule has 0 spiro atoms. The van der Waals surface area contributed by atoms with Gasteiger partial charge in [-0.05, 0) is 23.8 Å². The van der Waals surface area contributed by atoms with Crippen LogP contribution < -0.4 is 15.8 Å². The maximum Gasteiger partial charge on any atom is 0.419 e. The molecule has 0 saturated carbocycles. The van der Waals surface area contributed by atoms with E-state index in [-0.39, 0.29) is 29.4 Å². The summed E-state index contributed by atoms with van der Waals surface area (Å²) in [5.41, 5.74) is 5.15. The van der Waals surface area contributed by atoms with Crippen molar-refractivity contribution < 1.29 is 27.5 Å². The quantitative estimate of drug-likeness (QED) is 0.586. The van der Waals surface area contributed by atoms with E-state index in [0.717, 1.165) is 6.07 Å². The highest BCUT2D eigenvalue weighted by Crippen LogP contribution is 2.37. The third-order valence-electron chi connectivity index (χ3n) is 3.87. The maximum atomic E-state index is 13.0. The number of H-pyrrole nitrogens is 1. The first kappa shape index (κ1) is 19.9. The summed E-state index contributed by atoms with van der Waals surface area (Å²) in [6.07, 6.45) is -1.86. The lowest BCUT2D eigenvalue weighted by atomic mass is 10.2. The summed E-state index contributed by atoms with van der Waals surface area (Å²) in [5, 5.41) is 2.61. The van der Waals surface area contributed by atoms with Gasteiger partial charge in [0.05, 0.1) is 11.1 Å². The summed E-state index contributed by atoms with van der Waals surface area (Å²) in [6, 6.07) is 9.10. The number of primary amides is 1. The van der Waals surface area contributed by atoms with Crippen LogP contribution in [0.15, 0.2) is 54.9 Å². The van der Waals surface area contributed by atoms with E-state index in [2.05, 4.69) is 15.3 Å². The van der Waals surface area contributed by atoms with Gasteiger partial charge >= 0.3 is 6.18 Å². The molecule has 4 N–H and O–H groups in total. The van der Waals surface area contributed by atoms with Gasteiger partial charge in [-0.3, -0.25) is 9.59 Å². The zero-order chi connectivity index (χ0) is 21.0. The number of pyridine rings is 1. The van der Waals surface area contributed by atoms with Crippen LogP contribution in [-0.2, 0) is 12.7 Å². The van der Waals surface area contributed by atoms with Gasteiger partial charge in [0, 0.05) is 25.0 Å². The topological polar surface area (TPSA) is 110 Å². The number of nitrogens with two attached hydrogens (primary N) is 1. The summed E-state index contributed by atoms with van der Waals surface area (Å²) < 4.78 is 44.3. The average molecular weight is 404 g/mol. The summed E-state index contributed by atoms with van der Waals surface area (Å²) in [7, 11) is 0. The molecule has 0 radical (unpaired) electrons. The van der Waals surface area contributed by atoms with E-state index in [4.69, 9.17) is 10.5 Å². The number of carbonyl (C=O) groups excluding carboxylic acids is 2. The molecule has 150 valence electrons. The second-order valence-corrected chi connectivity index (χ2v) is 5.95. The van der Waals surface area contributed by atoms with Crippen molar-refractivity contribution in [3.8, 4) is 11.6 Å². The molecule has 0 unspecified atom stereocenters. The van der Waals surface area contributed by atoms with Gasteiger partial charge in [0.15, 0.2) is 0 Å². The number of hydrogen-bond donors (Lipinski definition) is 3. The van der Waals surface area contributed by atoms with E-state index in [1.165, 1.54) is 42.7 Å². The number of halogens is 3. The molecule has 10 heteroatoms. The highest BCUT2D eigenvalue weighted by Gasteiger charge is 2.34. The van der Waals surface area contributed by atoms with Gasteiger partial charge in [-0.15, -0.1) is 0 Å². The number of alkyl halides is 3. The van der Waals surface area contributed by atoms with Gasteiger partial charge < -0.3 is 20.8 Å². The highest BCUT2D eigenvalue weighted by molar-refractivity contribution is 5.98.